The topological polar surface area (TPSA) is 29.3 Å². The van der Waals surface area contributed by atoms with Gasteiger partial charge in [0.25, 0.3) is 0 Å². The molecule has 0 saturated carbocycles. The fourth-order valence-corrected chi connectivity index (χ4v) is 3.17. The van der Waals surface area contributed by atoms with Crippen molar-refractivity contribution < 1.29 is 0 Å². The van der Waals surface area contributed by atoms with Crippen molar-refractivity contribution in [2.24, 2.45) is 5.73 Å². The molecule has 0 aliphatic rings. The standard InChI is InChI=1S/C16H28N2S/c1-5-18(6-2)11-12-19-14(4)16(17)15-9-7-13(3)8-10-15/h7-10,14,16H,5-6,11-12,17H2,1-4H3. The molecule has 0 aliphatic carbocycles. The van der Waals surface area contributed by atoms with Crippen LogP contribution in [0, 0.1) is 6.92 Å². The van der Waals surface area contributed by atoms with Crippen molar-refractivity contribution in [1.29, 1.82) is 0 Å². The molecule has 2 atom stereocenters. The second kappa shape index (κ2) is 8.62. The summed E-state index contributed by atoms with van der Waals surface area (Å²) >= 11 is 1.98. The Kier molecular flexibility index (Phi) is 7.51. The van der Waals surface area contributed by atoms with Gasteiger partial charge in [0.15, 0.2) is 0 Å². The molecule has 1 rings (SSSR count). The molecule has 0 fully saturated rings. The van der Waals surface area contributed by atoms with Gasteiger partial charge >= 0.3 is 0 Å². The SMILES string of the molecule is CCN(CC)CCSC(C)C(N)c1ccc(C)cc1. The molecule has 0 amide bonds. The molecule has 1 aromatic carbocycles. The zero-order valence-electron chi connectivity index (χ0n) is 12.7. The molecular weight excluding hydrogens is 252 g/mol. The lowest BCUT2D eigenvalue weighted by molar-refractivity contribution is 0.323. The van der Waals surface area contributed by atoms with Gasteiger partial charge in [0.2, 0.25) is 0 Å². The quantitative estimate of drug-likeness (QED) is 0.791. The van der Waals surface area contributed by atoms with Crippen LogP contribution in [-0.4, -0.2) is 35.5 Å². The summed E-state index contributed by atoms with van der Waals surface area (Å²) in [6.07, 6.45) is 0. The molecule has 1 aromatic rings. The fourth-order valence-electron chi connectivity index (χ4n) is 2.07. The fraction of sp³-hybridized carbons (Fsp3) is 0.625. The van der Waals surface area contributed by atoms with Gasteiger partial charge in [0, 0.05) is 23.6 Å². The van der Waals surface area contributed by atoms with E-state index in [0.29, 0.717) is 5.25 Å². The summed E-state index contributed by atoms with van der Waals surface area (Å²) in [5.41, 5.74) is 8.87. The van der Waals surface area contributed by atoms with Gasteiger partial charge in [-0.15, -0.1) is 0 Å². The number of thioether (sulfide) groups is 1. The van der Waals surface area contributed by atoms with Crippen molar-refractivity contribution >= 4 is 11.8 Å². The van der Waals surface area contributed by atoms with Gasteiger partial charge in [-0.2, -0.15) is 11.8 Å². The van der Waals surface area contributed by atoms with Crippen molar-refractivity contribution in [3.8, 4) is 0 Å². The first kappa shape index (κ1) is 16.5. The lowest BCUT2D eigenvalue weighted by atomic mass is 10.0. The second-order valence-electron chi connectivity index (χ2n) is 5.04. The van der Waals surface area contributed by atoms with Crippen LogP contribution in [0.15, 0.2) is 24.3 Å². The number of nitrogens with two attached hydrogens (primary N) is 1. The third kappa shape index (κ3) is 5.55. The molecule has 0 aromatic heterocycles. The summed E-state index contributed by atoms with van der Waals surface area (Å²) < 4.78 is 0. The van der Waals surface area contributed by atoms with Gasteiger partial charge in [-0.1, -0.05) is 50.6 Å². The summed E-state index contributed by atoms with van der Waals surface area (Å²) in [5, 5.41) is 0.457. The molecule has 2 N–H and O–H groups in total. The monoisotopic (exact) mass is 280 g/mol. The highest BCUT2D eigenvalue weighted by Gasteiger charge is 2.15. The molecule has 108 valence electrons. The first-order chi connectivity index (χ1) is 9.08. The van der Waals surface area contributed by atoms with Gasteiger partial charge in [-0.05, 0) is 25.6 Å². The number of nitrogens with zero attached hydrogens (tertiary/aromatic N) is 1. The lowest BCUT2D eigenvalue weighted by Gasteiger charge is -2.22. The highest BCUT2D eigenvalue weighted by atomic mass is 32.2. The van der Waals surface area contributed by atoms with E-state index in [1.54, 1.807) is 0 Å². The summed E-state index contributed by atoms with van der Waals surface area (Å²) in [4.78, 5) is 2.46. The van der Waals surface area contributed by atoms with Crippen LogP contribution in [0.25, 0.3) is 0 Å². The van der Waals surface area contributed by atoms with Gasteiger partial charge in [-0.3, -0.25) is 0 Å². The number of hydrogen-bond donors (Lipinski definition) is 1. The third-order valence-electron chi connectivity index (χ3n) is 3.65. The molecule has 0 spiro atoms. The lowest BCUT2D eigenvalue weighted by Crippen LogP contribution is -2.27. The largest absolute Gasteiger partial charge is 0.323 e. The van der Waals surface area contributed by atoms with E-state index in [1.165, 1.54) is 11.1 Å². The molecule has 3 heteroatoms. The predicted octanol–water partition coefficient (Wildman–Crippen LogP) is 3.46. The summed E-state index contributed by atoms with van der Waals surface area (Å²) in [6, 6.07) is 8.72. The molecular formula is C16H28N2S. The maximum atomic E-state index is 6.34. The minimum absolute atomic E-state index is 0.127. The molecule has 0 saturated heterocycles. The highest BCUT2D eigenvalue weighted by molar-refractivity contribution is 7.99. The summed E-state index contributed by atoms with van der Waals surface area (Å²) in [7, 11) is 0. The number of rotatable bonds is 8. The van der Waals surface area contributed by atoms with Gasteiger partial charge in [-0.25, -0.2) is 0 Å². The molecule has 2 unspecified atom stereocenters. The Morgan fingerprint density at radius 3 is 2.26 bits per heavy atom. The van der Waals surface area contributed by atoms with E-state index in [9.17, 15) is 0 Å². The van der Waals surface area contributed by atoms with Crippen LogP contribution < -0.4 is 5.73 Å². The Bertz CT molecular complexity index is 346. The Morgan fingerprint density at radius 2 is 1.74 bits per heavy atom. The minimum Gasteiger partial charge on any atom is -0.323 e. The van der Waals surface area contributed by atoms with E-state index in [1.807, 2.05) is 11.8 Å². The molecule has 0 radical (unpaired) electrons. The predicted molar refractivity (Wildman–Crippen MR) is 87.8 cm³/mol. The first-order valence-electron chi connectivity index (χ1n) is 7.24. The first-order valence-corrected chi connectivity index (χ1v) is 8.29. The average molecular weight is 280 g/mol. The number of benzene rings is 1. The van der Waals surface area contributed by atoms with Gasteiger partial charge in [0.05, 0.1) is 0 Å². The Balaban J connectivity index is 2.40. The zero-order valence-corrected chi connectivity index (χ0v) is 13.5. The maximum absolute atomic E-state index is 6.34. The van der Waals surface area contributed by atoms with Crippen LogP contribution in [0.2, 0.25) is 0 Å². The average Bonchev–Trinajstić information content (AvgIpc) is 2.43. The van der Waals surface area contributed by atoms with E-state index in [0.717, 1.165) is 25.4 Å². The molecule has 0 heterocycles. The zero-order chi connectivity index (χ0) is 14.3. The Labute approximate surface area is 122 Å². The van der Waals surface area contributed by atoms with Gasteiger partial charge < -0.3 is 10.6 Å². The van der Waals surface area contributed by atoms with Crippen molar-refractivity contribution in [1.82, 2.24) is 4.90 Å². The van der Waals surface area contributed by atoms with Crippen molar-refractivity contribution in [2.45, 2.75) is 39.0 Å². The third-order valence-corrected chi connectivity index (χ3v) is 4.89. The Hall–Kier alpha value is -0.510. The molecule has 19 heavy (non-hydrogen) atoms. The van der Waals surface area contributed by atoms with Crippen molar-refractivity contribution in [3.05, 3.63) is 35.4 Å². The smallest absolute Gasteiger partial charge is 0.0412 e. The van der Waals surface area contributed by atoms with E-state index < -0.39 is 0 Å². The van der Waals surface area contributed by atoms with Crippen LogP contribution in [0.1, 0.15) is 37.9 Å². The van der Waals surface area contributed by atoms with Crippen LogP contribution in [0.3, 0.4) is 0 Å². The van der Waals surface area contributed by atoms with Crippen LogP contribution >= 0.6 is 11.8 Å². The highest BCUT2D eigenvalue weighted by Crippen LogP contribution is 2.24. The normalized spacial score (nSPS) is 14.6. The van der Waals surface area contributed by atoms with Crippen LogP contribution in [0.4, 0.5) is 0 Å². The molecule has 2 nitrogen and oxygen atoms in total. The molecule has 0 bridgehead atoms. The van der Waals surface area contributed by atoms with Crippen LogP contribution in [-0.2, 0) is 0 Å². The molecule has 0 aliphatic heterocycles. The van der Waals surface area contributed by atoms with E-state index in [-0.39, 0.29) is 6.04 Å². The number of aryl methyl sites for hydroxylation is 1. The van der Waals surface area contributed by atoms with Crippen molar-refractivity contribution in [2.75, 3.05) is 25.4 Å². The number of hydrogen-bond acceptors (Lipinski definition) is 3. The summed E-state index contributed by atoms with van der Waals surface area (Å²) in [6.45, 7) is 12.2. The van der Waals surface area contributed by atoms with Gasteiger partial charge in [0.1, 0.15) is 0 Å². The Morgan fingerprint density at radius 1 is 1.16 bits per heavy atom. The van der Waals surface area contributed by atoms with Crippen LogP contribution in [0.5, 0.6) is 0 Å². The van der Waals surface area contributed by atoms with E-state index in [4.69, 9.17) is 5.73 Å². The van der Waals surface area contributed by atoms with E-state index in [2.05, 4.69) is 56.9 Å². The second-order valence-corrected chi connectivity index (χ2v) is 6.52. The summed E-state index contributed by atoms with van der Waals surface area (Å²) in [5.74, 6) is 1.16. The minimum atomic E-state index is 0.127. The maximum Gasteiger partial charge on any atom is 0.0412 e. The van der Waals surface area contributed by atoms with E-state index >= 15 is 0 Å². The van der Waals surface area contributed by atoms with Crippen molar-refractivity contribution in [3.63, 3.8) is 0 Å².